The summed E-state index contributed by atoms with van der Waals surface area (Å²) in [6.07, 6.45) is -0.636. The summed E-state index contributed by atoms with van der Waals surface area (Å²) in [7, 11) is -1.71. The number of carbonyl (C=O) groups is 1. The largest absolute Gasteiger partial charge is 0.445 e. The van der Waals surface area contributed by atoms with Crippen molar-refractivity contribution >= 4 is 13.5 Å². The Morgan fingerprint density at radius 2 is 1.75 bits per heavy atom. The highest BCUT2D eigenvalue weighted by molar-refractivity contribution is 7.58. The van der Waals surface area contributed by atoms with E-state index in [9.17, 15) is 9.36 Å². The quantitative estimate of drug-likeness (QED) is 0.783. The second-order valence-electron chi connectivity index (χ2n) is 5.61. The standard InChI is InChI=1S/C18H22NO4P/c1-14-9-11-16(12-10-14)17(24(3,21)22-2)19-18(20)23-13-15-7-5-4-6-8-15/h4-12,17H,13H2,1-3H3,(H,19,20). The van der Waals surface area contributed by atoms with Gasteiger partial charge in [-0.05, 0) is 18.1 Å². The van der Waals surface area contributed by atoms with Gasteiger partial charge in [-0.3, -0.25) is 4.57 Å². The van der Waals surface area contributed by atoms with E-state index in [-0.39, 0.29) is 6.61 Å². The second kappa shape index (κ2) is 8.13. The summed E-state index contributed by atoms with van der Waals surface area (Å²) in [6, 6.07) is 16.8. The van der Waals surface area contributed by atoms with Crippen LogP contribution in [-0.4, -0.2) is 19.9 Å². The monoisotopic (exact) mass is 347 g/mol. The molecule has 1 N–H and O–H groups in total. The molecule has 2 aromatic carbocycles. The number of benzene rings is 2. The summed E-state index contributed by atoms with van der Waals surface area (Å²) < 4.78 is 23.0. The van der Waals surface area contributed by atoms with Gasteiger partial charge in [0.25, 0.3) is 0 Å². The maximum absolute atomic E-state index is 12.7. The highest BCUT2D eigenvalue weighted by Crippen LogP contribution is 2.54. The lowest BCUT2D eigenvalue weighted by molar-refractivity contribution is 0.137. The molecule has 0 radical (unpaired) electrons. The summed E-state index contributed by atoms with van der Waals surface area (Å²) in [4.78, 5) is 12.1. The van der Waals surface area contributed by atoms with Crippen LogP contribution < -0.4 is 5.32 Å². The number of hydrogen-bond donors (Lipinski definition) is 1. The smallest absolute Gasteiger partial charge is 0.408 e. The number of hydrogen-bond acceptors (Lipinski definition) is 4. The van der Waals surface area contributed by atoms with Crippen molar-refractivity contribution in [1.82, 2.24) is 5.32 Å². The summed E-state index contributed by atoms with van der Waals surface area (Å²) in [5, 5.41) is 2.66. The van der Waals surface area contributed by atoms with E-state index in [1.807, 2.05) is 61.5 Å². The zero-order chi connectivity index (χ0) is 17.6. The van der Waals surface area contributed by atoms with Crippen LogP contribution in [0.25, 0.3) is 0 Å². The molecule has 1 amide bonds. The lowest BCUT2D eigenvalue weighted by Gasteiger charge is -2.24. The Kier molecular flexibility index (Phi) is 6.18. The van der Waals surface area contributed by atoms with Crippen molar-refractivity contribution in [2.24, 2.45) is 0 Å². The molecule has 6 heteroatoms. The number of carbonyl (C=O) groups excluding carboxylic acids is 1. The van der Waals surface area contributed by atoms with Crippen molar-refractivity contribution in [1.29, 1.82) is 0 Å². The van der Waals surface area contributed by atoms with Crippen LogP contribution in [0.3, 0.4) is 0 Å². The lowest BCUT2D eigenvalue weighted by atomic mass is 10.1. The normalized spacial score (nSPS) is 14.5. The van der Waals surface area contributed by atoms with Crippen molar-refractivity contribution in [2.75, 3.05) is 13.8 Å². The van der Waals surface area contributed by atoms with Crippen molar-refractivity contribution < 1.29 is 18.6 Å². The van der Waals surface area contributed by atoms with Crippen LogP contribution in [0.4, 0.5) is 4.79 Å². The second-order valence-corrected chi connectivity index (χ2v) is 8.31. The Morgan fingerprint density at radius 1 is 1.12 bits per heavy atom. The molecular weight excluding hydrogens is 325 g/mol. The molecule has 0 aromatic heterocycles. The highest BCUT2D eigenvalue weighted by atomic mass is 31.2. The van der Waals surface area contributed by atoms with Crippen LogP contribution in [0.15, 0.2) is 54.6 Å². The zero-order valence-corrected chi connectivity index (χ0v) is 15.0. The van der Waals surface area contributed by atoms with Crippen LogP contribution in [0.5, 0.6) is 0 Å². The highest BCUT2D eigenvalue weighted by Gasteiger charge is 2.31. The molecule has 128 valence electrons. The molecule has 0 saturated heterocycles. The third-order valence-electron chi connectivity index (χ3n) is 3.69. The molecule has 0 fully saturated rings. The molecule has 2 unspecified atom stereocenters. The van der Waals surface area contributed by atoms with Crippen molar-refractivity contribution in [3.05, 3.63) is 71.3 Å². The summed E-state index contributed by atoms with van der Waals surface area (Å²) in [6.45, 7) is 3.60. The molecule has 0 bridgehead atoms. The van der Waals surface area contributed by atoms with E-state index in [1.54, 1.807) is 0 Å². The minimum absolute atomic E-state index is 0.147. The van der Waals surface area contributed by atoms with Crippen molar-refractivity contribution in [2.45, 2.75) is 19.3 Å². The fraction of sp³-hybridized carbons (Fsp3) is 0.278. The first-order valence-corrected chi connectivity index (χ1v) is 9.73. The maximum Gasteiger partial charge on any atom is 0.408 e. The average Bonchev–Trinajstić information content (AvgIpc) is 2.59. The minimum Gasteiger partial charge on any atom is -0.445 e. The number of amides is 1. The predicted octanol–water partition coefficient (Wildman–Crippen LogP) is 4.47. The van der Waals surface area contributed by atoms with Crippen LogP contribution >= 0.6 is 7.37 Å². The fourth-order valence-corrected chi connectivity index (χ4v) is 3.47. The fourth-order valence-electron chi connectivity index (χ4n) is 2.20. The third kappa shape index (κ3) is 4.95. The molecule has 0 saturated carbocycles. The van der Waals surface area contributed by atoms with E-state index >= 15 is 0 Å². The van der Waals surface area contributed by atoms with Gasteiger partial charge in [-0.15, -0.1) is 0 Å². The van der Waals surface area contributed by atoms with Gasteiger partial charge < -0.3 is 14.6 Å². The summed E-state index contributed by atoms with van der Waals surface area (Å²) in [5.41, 5.74) is 2.67. The molecule has 0 aliphatic rings. The number of rotatable bonds is 6. The van der Waals surface area contributed by atoms with Gasteiger partial charge in [0.15, 0.2) is 0 Å². The number of ether oxygens (including phenoxy) is 1. The van der Waals surface area contributed by atoms with Gasteiger partial charge >= 0.3 is 6.09 Å². The first kappa shape index (κ1) is 18.2. The number of aryl methyl sites for hydroxylation is 1. The Bertz CT molecular complexity index is 716. The van der Waals surface area contributed by atoms with Crippen molar-refractivity contribution in [3.63, 3.8) is 0 Å². The van der Waals surface area contributed by atoms with Gasteiger partial charge in [0.05, 0.1) is 0 Å². The minimum atomic E-state index is -3.08. The molecule has 24 heavy (non-hydrogen) atoms. The molecule has 2 rings (SSSR count). The van der Waals surface area contributed by atoms with E-state index in [2.05, 4.69) is 5.32 Å². The van der Waals surface area contributed by atoms with Gasteiger partial charge in [-0.2, -0.15) is 0 Å². The number of alkyl carbamates (subject to hydrolysis) is 1. The van der Waals surface area contributed by atoms with E-state index in [0.29, 0.717) is 5.56 Å². The SMILES string of the molecule is COP(C)(=O)C(NC(=O)OCc1ccccc1)c1ccc(C)cc1. The third-order valence-corrected chi connectivity index (χ3v) is 5.78. The Hall–Kier alpha value is -2.10. The van der Waals surface area contributed by atoms with Crippen molar-refractivity contribution in [3.8, 4) is 0 Å². The van der Waals surface area contributed by atoms with E-state index in [4.69, 9.17) is 9.26 Å². The van der Waals surface area contributed by atoms with E-state index < -0.39 is 19.2 Å². The maximum atomic E-state index is 12.7. The van der Waals surface area contributed by atoms with Crippen LogP contribution in [0.2, 0.25) is 0 Å². The molecular formula is C18H22NO4P. The summed E-state index contributed by atoms with van der Waals surface area (Å²) in [5.74, 6) is -0.758. The molecule has 5 nitrogen and oxygen atoms in total. The lowest BCUT2D eigenvalue weighted by Crippen LogP contribution is -2.29. The van der Waals surface area contributed by atoms with Gasteiger partial charge in [0, 0.05) is 13.8 Å². The number of nitrogens with one attached hydrogen (secondary N) is 1. The Balaban J connectivity index is 2.09. The average molecular weight is 347 g/mol. The Morgan fingerprint density at radius 3 is 2.33 bits per heavy atom. The zero-order valence-electron chi connectivity index (χ0n) is 14.1. The Labute approximate surface area is 142 Å². The molecule has 0 aliphatic heterocycles. The van der Waals surface area contributed by atoms with Gasteiger partial charge in [-0.25, -0.2) is 4.79 Å². The molecule has 0 aliphatic carbocycles. The molecule has 0 heterocycles. The molecule has 2 atom stereocenters. The first-order chi connectivity index (χ1) is 11.4. The van der Waals surface area contributed by atoms with E-state index in [0.717, 1.165) is 11.1 Å². The first-order valence-electron chi connectivity index (χ1n) is 7.59. The summed E-state index contributed by atoms with van der Waals surface area (Å²) >= 11 is 0. The van der Waals surface area contributed by atoms with Gasteiger partial charge in [0.1, 0.15) is 12.4 Å². The van der Waals surface area contributed by atoms with E-state index in [1.165, 1.54) is 13.8 Å². The van der Waals surface area contributed by atoms with Gasteiger partial charge in [0.2, 0.25) is 7.37 Å². The van der Waals surface area contributed by atoms with Crippen LogP contribution in [0, 0.1) is 6.92 Å². The van der Waals surface area contributed by atoms with Crippen LogP contribution in [-0.2, 0) is 20.4 Å². The predicted molar refractivity (Wildman–Crippen MR) is 94.2 cm³/mol. The molecule has 2 aromatic rings. The topological polar surface area (TPSA) is 64.6 Å². The van der Waals surface area contributed by atoms with Gasteiger partial charge in [-0.1, -0.05) is 60.2 Å². The van der Waals surface area contributed by atoms with Crippen LogP contribution in [0.1, 0.15) is 22.5 Å². The molecule has 0 spiro atoms.